The number of anilines is 2. The molecule has 1 aromatic heterocycles. The first-order valence-corrected chi connectivity index (χ1v) is 8.77. The lowest BCUT2D eigenvalue weighted by Crippen LogP contribution is -2.05. The number of hydrogen-bond acceptors (Lipinski definition) is 7. The van der Waals surface area contributed by atoms with Crippen molar-refractivity contribution in [3.05, 3.63) is 42.1 Å². The van der Waals surface area contributed by atoms with Gasteiger partial charge in [0.25, 0.3) is 0 Å². The molecular formula is C15H20N3O4P. The lowest BCUT2D eigenvalue weighted by molar-refractivity contribution is 0.166. The summed E-state index contributed by atoms with van der Waals surface area (Å²) in [6, 6.07) is 11.1. The van der Waals surface area contributed by atoms with E-state index in [0.717, 1.165) is 5.69 Å². The van der Waals surface area contributed by atoms with Crippen LogP contribution in [0.5, 0.6) is 5.88 Å². The van der Waals surface area contributed by atoms with Crippen molar-refractivity contribution in [1.82, 2.24) is 9.97 Å². The summed E-state index contributed by atoms with van der Waals surface area (Å²) in [7, 11) is -3.68. The molecule has 0 aliphatic carbocycles. The maximum absolute atomic E-state index is 12.4. The molecule has 1 heterocycles. The molecule has 0 saturated heterocycles. The van der Waals surface area contributed by atoms with E-state index in [1.165, 1.54) is 0 Å². The highest BCUT2D eigenvalue weighted by Crippen LogP contribution is 2.48. The maximum atomic E-state index is 12.4. The quantitative estimate of drug-likeness (QED) is 0.726. The largest absolute Gasteiger partial charge is 0.531 e. The molecule has 0 atom stereocenters. The van der Waals surface area contributed by atoms with E-state index < -0.39 is 7.82 Å². The van der Waals surface area contributed by atoms with Crippen LogP contribution < -0.4 is 9.84 Å². The molecule has 0 aliphatic rings. The Kier molecular flexibility index (Phi) is 6.10. The van der Waals surface area contributed by atoms with Crippen LogP contribution in [0.2, 0.25) is 0 Å². The molecule has 2 rings (SSSR count). The number of phosphoric ester groups is 1. The van der Waals surface area contributed by atoms with Crippen LogP contribution in [0.3, 0.4) is 0 Å². The number of hydrogen-bond donors (Lipinski definition) is 1. The average Bonchev–Trinajstić information content (AvgIpc) is 2.47. The van der Waals surface area contributed by atoms with E-state index >= 15 is 0 Å². The van der Waals surface area contributed by atoms with Crippen LogP contribution in [-0.4, -0.2) is 23.2 Å². The molecule has 0 saturated carbocycles. The summed E-state index contributed by atoms with van der Waals surface area (Å²) in [6.07, 6.45) is 0. The van der Waals surface area contributed by atoms with Crippen LogP contribution in [-0.2, 0) is 13.6 Å². The maximum Gasteiger partial charge on any atom is 0.531 e. The van der Waals surface area contributed by atoms with Gasteiger partial charge in [0.1, 0.15) is 0 Å². The van der Waals surface area contributed by atoms with Crippen molar-refractivity contribution < 1.29 is 18.1 Å². The molecule has 0 bridgehead atoms. The molecule has 23 heavy (non-hydrogen) atoms. The number of para-hydroxylation sites is 1. The normalized spacial score (nSPS) is 11.3. The van der Waals surface area contributed by atoms with Crippen LogP contribution in [0.1, 0.15) is 19.5 Å². The number of aromatic nitrogens is 2. The molecule has 0 fully saturated rings. The van der Waals surface area contributed by atoms with Gasteiger partial charge in [-0.3, -0.25) is 9.05 Å². The summed E-state index contributed by atoms with van der Waals surface area (Å²) in [5.74, 6) is 0.465. The monoisotopic (exact) mass is 337 g/mol. The van der Waals surface area contributed by atoms with Gasteiger partial charge in [0.15, 0.2) is 0 Å². The topological polar surface area (TPSA) is 82.6 Å². The fourth-order valence-electron chi connectivity index (χ4n) is 1.81. The second kappa shape index (κ2) is 8.06. The predicted octanol–water partition coefficient (Wildman–Crippen LogP) is 4.09. The van der Waals surface area contributed by atoms with Crippen molar-refractivity contribution >= 4 is 19.5 Å². The summed E-state index contributed by atoms with van der Waals surface area (Å²) >= 11 is 0. The van der Waals surface area contributed by atoms with E-state index in [1.54, 1.807) is 26.8 Å². The number of benzene rings is 1. The van der Waals surface area contributed by atoms with E-state index in [0.29, 0.717) is 11.6 Å². The molecule has 1 aromatic carbocycles. The summed E-state index contributed by atoms with van der Waals surface area (Å²) < 4.78 is 28.0. The second-order valence-electron chi connectivity index (χ2n) is 4.54. The lowest BCUT2D eigenvalue weighted by atomic mass is 10.3. The van der Waals surface area contributed by atoms with Crippen molar-refractivity contribution in [2.75, 3.05) is 18.5 Å². The molecule has 0 spiro atoms. The smallest absolute Gasteiger partial charge is 0.385 e. The van der Waals surface area contributed by atoms with E-state index in [1.807, 2.05) is 30.3 Å². The van der Waals surface area contributed by atoms with Gasteiger partial charge in [0.05, 0.1) is 13.2 Å². The Morgan fingerprint density at radius 2 is 1.74 bits per heavy atom. The van der Waals surface area contributed by atoms with Gasteiger partial charge in [-0.15, -0.1) is 0 Å². The highest BCUT2D eigenvalue weighted by Gasteiger charge is 2.28. The van der Waals surface area contributed by atoms with Crippen molar-refractivity contribution in [1.29, 1.82) is 0 Å². The van der Waals surface area contributed by atoms with Crippen LogP contribution in [0.4, 0.5) is 11.6 Å². The zero-order chi connectivity index (χ0) is 16.7. The number of phosphoric acid groups is 1. The van der Waals surface area contributed by atoms with Crippen LogP contribution in [0.15, 0.2) is 36.4 Å². The summed E-state index contributed by atoms with van der Waals surface area (Å²) in [6.45, 7) is 5.62. The highest BCUT2D eigenvalue weighted by molar-refractivity contribution is 7.48. The minimum Gasteiger partial charge on any atom is -0.385 e. The molecule has 7 nitrogen and oxygen atoms in total. The van der Waals surface area contributed by atoms with Gasteiger partial charge in [-0.1, -0.05) is 18.2 Å². The molecule has 124 valence electrons. The van der Waals surface area contributed by atoms with Crippen LogP contribution >= 0.6 is 7.82 Å². The fraction of sp³-hybridized carbons (Fsp3) is 0.333. The van der Waals surface area contributed by atoms with E-state index in [9.17, 15) is 4.57 Å². The van der Waals surface area contributed by atoms with Crippen molar-refractivity contribution in [2.45, 2.75) is 20.8 Å². The van der Waals surface area contributed by atoms with Gasteiger partial charge in [-0.2, -0.15) is 4.98 Å². The first-order valence-electron chi connectivity index (χ1n) is 7.31. The molecule has 2 aromatic rings. The minimum absolute atomic E-state index is 0.126. The first kappa shape index (κ1) is 17.4. The van der Waals surface area contributed by atoms with Crippen molar-refractivity contribution in [2.24, 2.45) is 0 Å². The van der Waals surface area contributed by atoms with Crippen molar-refractivity contribution in [3.8, 4) is 5.88 Å². The SMILES string of the molecule is CCOP(=O)(OCC)Oc1cc(C)nc(Nc2ccccc2)n1. The third-order valence-corrected chi connectivity index (χ3v) is 4.20. The lowest BCUT2D eigenvalue weighted by Gasteiger charge is -2.17. The second-order valence-corrected chi connectivity index (χ2v) is 6.13. The Morgan fingerprint density at radius 1 is 1.09 bits per heavy atom. The zero-order valence-electron chi connectivity index (χ0n) is 13.4. The summed E-state index contributed by atoms with van der Waals surface area (Å²) in [4.78, 5) is 8.48. The van der Waals surface area contributed by atoms with Gasteiger partial charge >= 0.3 is 7.82 Å². The Labute approximate surface area is 135 Å². The Balaban J connectivity index is 2.21. The molecule has 8 heteroatoms. The van der Waals surface area contributed by atoms with E-state index in [4.69, 9.17) is 13.6 Å². The minimum atomic E-state index is -3.68. The Bertz CT molecular complexity index is 672. The molecular weight excluding hydrogens is 317 g/mol. The Morgan fingerprint density at radius 3 is 2.35 bits per heavy atom. The predicted molar refractivity (Wildman–Crippen MR) is 88.0 cm³/mol. The summed E-state index contributed by atoms with van der Waals surface area (Å²) in [5.41, 5.74) is 1.50. The summed E-state index contributed by atoms with van der Waals surface area (Å²) in [5, 5.41) is 3.06. The number of aryl methyl sites for hydroxylation is 1. The first-order chi connectivity index (χ1) is 11.0. The van der Waals surface area contributed by atoms with Gasteiger partial charge in [0.2, 0.25) is 11.8 Å². The van der Waals surface area contributed by atoms with Gasteiger partial charge in [-0.05, 0) is 32.9 Å². The van der Waals surface area contributed by atoms with Crippen molar-refractivity contribution in [3.63, 3.8) is 0 Å². The molecule has 1 N–H and O–H groups in total. The molecule has 0 unspecified atom stereocenters. The molecule has 0 aliphatic heterocycles. The molecule has 0 radical (unpaired) electrons. The number of nitrogens with one attached hydrogen (secondary N) is 1. The average molecular weight is 337 g/mol. The number of rotatable bonds is 8. The zero-order valence-corrected chi connectivity index (χ0v) is 14.2. The third kappa shape index (κ3) is 5.32. The number of nitrogens with zero attached hydrogens (tertiary/aromatic N) is 2. The highest BCUT2D eigenvalue weighted by atomic mass is 31.2. The van der Waals surface area contributed by atoms with Gasteiger partial charge in [-0.25, -0.2) is 9.55 Å². The fourth-order valence-corrected chi connectivity index (χ4v) is 2.95. The van der Waals surface area contributed by atoms with E-state index in [2.05, 4.69) is 15.3 Å². The van der Waals surface area contributed by atoms with Crippen LogP contribution in [0.25, 0.3) is 0 Å². The standard InChI is InChI=1S/C15H20N3O4P/c1-4-20-23(19,21-5-2)22-14-11-12(3)16-15(18-14)17-13-9-7-6-8-10-13/h6-11H,4-5H2,1-3H3,(H,16,17,18). The van der Waals surface area contributed by atoms with Crippen LogP contribution in [0, 0.1) is 6.92 Å². The molecule has 0 amide bonds. The van der Waals surface area contributed by atoms with Gasteiger partial charge < -0.3 is 9.84 Å². The van der Waals surface area contributed by atoms with E-state index in [-0.39, 0.29) is 19.1 Å². The Hall–Kier alpha value is -1.95. The third-order valence-electron chi connectivity index (χ3n) is 2.64. The van der Waals surface area contributed by atoms with Gasteiger partial charge in [0, 0.05) is 17.4 Å².